The summed E-state index contributed by atoms with van der Waals surface area (Å²) >= 11 is 0. The standard InChI is InChI=1S/C27H33N3O11/c1-10(31)18(25(38)39)28-9-29-24(37)17-21(34)19(30(3)4)13-8-12-16(22(35)27(13,41)23(17)36)20(33)15-11(26(12,2)40)6-5-7-14(15)32/h5-7,10,12-13,18-19,28,31-33,36,40-41H,8-9H2,1-4H3,(H,29,37)(H,38,39). The maximum absolute atomic E-state index is 14.0. The summed E-state index contributed by atoms with van der Waals surface area (Å²) in [6.07, 6.45) is -1.63. The van der Waals surface area contributed by atoms with E-state index in [4.69, 9.17) is 0 Å². The second kappa shape index (κ2) is 10.2. The fourth-order valence-corrected chi connectivity index (χ4v) is 6.28. The first kappa shape index (κ1) is 30.1. The van der Waals surface area contributed by atoms with Gasteiger partial charge in [-0.2, -0.15) is 0 Å². The smallest absolute Gasteiger partial charge is 0.323 e. The fourth-order valence-electron chi connectivity index (χ4n) is 6.28. The van der Waals surface area contributed by atoms with E-state index in [9.17, 15) is 54.9 Å². The third-order valence-corrected chi connectivity index (χ3v) is 8.32. The molecule has 41 heavy (non-hydrogen) atoms. The van der Waals surface area contributed by atoms with Crippen molar-refractivity contribution in [2.75, 3.05) is 20.8 Å². The number of amides is 1. The Morgan fingerprint density at radius 2 is 1.78 bits per heavy atom. The molecule has 7 unspecified atom stereocenters. The molecule has 9 N–H and O–H groups in total. The molecule has 14 heteroatoms. The summed E-state index contributed by atoms with van der Waals surface area (Å²) in [5.41, 5.74) is -6.28. The molecule has 1 amide bonds. The Morgan fingerprint density at radius 1 is 1.15 bits per heavy atom. The second-order valence-electron chi connectivity index (χ2n) is 11.0. The lowest BCUT2D eigenvalue weighted by Crippen LogP contribution is -2.67. The van der Waals surface area contributed by atoms with Gasteiger partial charge < -0.3 is 41.1 Å². The Balaban J connectivity index is 1.82. The predicted octanol–water partition coefficient (Wildman–Crippen LogP) is -1.36. The van der Waals surface area contributed by atoms with Crippen LogP contribution in [0.3, 0.4) is 0 Å². The van der Waals surface area contributed by atoms with Crippen molar-refractivity contribution in [2.45, 2.75) is 49.7 Å². The van der Waals surface area contributed by atoms with Crippen LogP contribution in [0.4, 0.5) is 0 Å². The number of phenolic OH excluding ortho intramolecular Hbond substituents is 1. The number of hydrogen-bond acceptors (Lipinski definition) is 12. The van der Waals surface area contributed by atoms with Gasteiger partial charge >= 0.3 is 5.97 Å². The van der Waals surface area contributed by atoms with Gasteiger partial charge in [0, 0.05) is 17.4 Å². The number of carboxylic acid groups (broad SMARTS) is 1. The molecule has 1 saturated carbocycles. The van der Waals surface area contributed by atoms with Gasteiger partial charge in [-0.15, -0.1) is 0 Å². The summed E-state index contributed by atoms with van der Waals surface area (Å²) in [5, 5.41) is 79.6. The van der Waals surface area contributed by atoms with E-state index >= 15 is 0 Å². The Labute approximate surface area is 234 Å². The van der Waals surface area contributed by atoms with Crippen LogP contribution in [0.25, 0.3) is 5.76 Å². The summed E-state index contributed by atoms with van der Waals surface area (Å²) in [5.74, 6) is -9.81. The second-order valence-corrected chi connectivity index (χ2v) is 11.0. The molecule has 0 spiro atoms. The zero-order valence-corrected chi connectivity index (χ0v) is 22.7. The molecule has 1 aromatic carbocycles. The largest absolute Gasteiger partial charge is 0.508 e. The number of hydrogen-bond donors (Lipinski definition) is 9. The van der Waals surface area contributed by atoms with E-state index in [2.05, 4.69) is 10.6 Å². The van der Waals surface area contributed by atoms with Crippen LogP contribution < -0.4 is 10.6 Å². The third kappa shape index (κ3) is 4.38. The lowest BCUT2D eigenvalue weighted by molar-refractivity contribution is -0.159. The van der Waals surface area contributed by atoms with Crippen molar-refractivity contribution in [3.05, 3.63) is 46.2 Å². The maximum atomic E-state index is 14.0. The van der Waals surface area contributed by atoms with Crippen LogP contribution in [0, 0.1) is 11.8 Å². The Kier molecular flexibility index (Phi) is 7.52. The molecule has 4 rings (SSSR count). The molecule has 0 heterocycles. The van der Waals surface area contributed by atoms with Crippen molar-refractivity contribution < 1.29 is 54.9 Å². The SMILES string of the molecule is CC(O)C(NCNC(=O)C1=C(O)C2(O)C(=O)C3=C(O)c4c(O)cccc4C(C)(O)C3CC2C(N(C)C)C1=O)C(=O)O. The van der Waals surface area contributed by atoms with E-state index in [1.807, 2.05) is 0 Å². The number of rotatable bonds is 7. The number of carboxylic acids is 1. The van der Waals surface area contributed by atoms with Gasteiger partial charge in [0.2, 0.25) is 5.78 Å². The van der Waals surface area contributed by atoms with Crippen LogP contribution in [0.15, 0.2) is 35.1 Å². The highest BCUT2D eigenvalue weighted by Crippen LogP contribution is 2.57. The number of phenols is 1. The van der Waals surface area contributed by atoms with E-state index in [1.54, 1.807) is 0 Å². The highest BCUT2D eigenvalue weighted by molar-refractivity contribution is 6.25. The first-order valence-corrected chi connectivity index (χ1v) is 12.8. The third-order valence-electron chi connectivity index (χ3n) is 8.32. The number of aromatic hydroxyl groups is 1. The summed E-state index contributed by atoms with van der Waals surface area (Å²) in [6.45, 7) is 2.01. The van der Waals surface area contributed by atoms with Crippen molar-refractivity contribution in [3.8, 4) is 5.75 Å². The zero-order chi connectivity index (χ0) is 30.8. The summed E-state index contributed by atoms with van der Waals surface area (Å²) in [7, 11) is 2.92. The van der Waals surface area contributed by atoms with Crippen LogP contribution in [-0.4, -0.2) is 109 Å². The quantitative estimate of drug-likeness (QED) is 0.135. The van der Waals surface area contributed by atoms with Crippen LogP contribution >= 0.6 is 0 Å². The number of carbonyl (C=O) groups is 4. The molecule has 1 fully saturated rings. The van der Waals surface area contributed by atoms with Gasteiger partial charge in [-0.3, -0.25) is 29.4 Å². The zero-order valence-electron chi connectivity index (χ0n) is 22.7. The first-order chi connectivity index (χ1) is 19.0. The van der Waals surface area contributed by atoms with E-state index in [0.717, 1.165) is 0 Å². The number of fused-ring (bicyclic) bond motifs is 3. The fraction of sp³-hybridized carbons (Fsp3) is 0.481. The minimum atomic E-state index is -2.88. The molecule has 7 atom stereocenters. The van der Waals surface area contributed by atoms with Crippen molar-refractivity contribution in [2.24, 2.45) is 11.8 Å². The number of aliphatic hydroxyl groups excluding tert-OH is 3. The summed E-state index contributed by atoms with van der Waals surface area (Å²) in [6, 6.07) is 1.32. The predicted molar refractivity (Wildman–Crippen MR) is 140 cm³/mol. The number of likely N-dealkylation sites (N-methyl/N-ethyl adjacent to an activating group) is 1. The topological polar surface area (TPSA) is 237 Å². The monoisotopic (exact) mass is 575 g/mol. The molecule has 222 valence electrons. The first-order valence-electron chi connectivity index (χ1n) is 12.8. The molecule has 14 nitrogen and oxygen atoms in total. The van der Waals surface area contributed by atoms with Crippen LogP contribution in [-0.2, 0) is 24.8 Å². The average Bonchev–Trinajstić information content (AvgIpc) is 2.86. The van der Waals surface area contributed by atoms with Gasteiger partial charge in [-0.1, -0.05) is 12.1 Å². The van der Waals surface area contributed by atoms with E-state index < -0.39 is 99.8 Å². The molecular formula is C27H33N3O11. The Hall–Kier alpha value is -3.82. The lowest BCUT2D eigenvalue weighted by atomic mass is 9.54. The van der Waals surface area contributed by atoms with E-state index in [1.165, 1.54) is 51.0 Å². The van der Waals surface area contributed by atoms with Gasteiger partial charge in [0.1, 0.15) is 28.9 Å². The Morgan fingerprint density at radius 3 is 2.34 bits per heavy atom. The number of aliphatic carboxylic acids is 1. The number of ketones is 2. The molecule has 3 aliphatic rings. The Bertz CT molecular complexity index is 1400. The minimum Gasteiger partial charge on any atom is -0.508 e. The molecule has 0 aromatic heterocycles. The van der Waals surface area contributed by atoms with Crippen LogP contribution in [0.1, 0.15) is 31.4 Å². The molecule has 1 aromatic rings. The minimum absolute atomic E-state index is 0.120. The molecule has 0 bridgehead atoms. The maximum Gasteiger partial charge on any atom is 0.323 e. The number of aliphatic hydroxyl groups is 5. The summed E-state index contributed by atoms with van der Waals surface area (Å²) in [4.78, 5) is 53.4. The van der Waals surface area contributed by atoms with E-state index in [0.29, 0.717) is 0 Å². The highest BCUT2D eigenvalue weighted by Gasteiger charge is 2.66. The van der Waals surface area contributed by atoms with Crippen molar-refractivity contribution in [1.82, 2.24) is 15.5 Å². The van der Waals surface area contributed by atoms with Gasteiger partial charge in [0.05, 0.1) is 30.0 Å². The number of nitrogens with zero attached hydrogens (tertiary/aromatic N) is 1. The molecule has 0 aliphatic heterocycles. The van der Waals surface area contributed by atoms with Crippen molar-refractivity contribution in [3.63, 3.8) is 0 Å². The van der Waals surface area contributed by atoms with Gasteiger partial charge in [0.15, 0.2) is 11.4 Å². The lowest BCUT2D eigenvalue weighted by Gasteiger charge is -2.53. The number of carbonyl (C=O) groups excluding carboxylic acids is 3. The summed E-state index contributed by atoms with van der Waals surface area (Å²) < 4.78 is 0. The van der Waals surface area contributed by atoms with E-state index in [-0.39, 0.29) is 17.5 Å². The molecule has 0 radical (unpaired) electrons. The van der Waals surface area contributed by atoms with Crippen LogP contribution in [0.2, 0.25) is 0 Å². The number of nitrogens with one attached hydrogen (secondary N) is 2. The van der Waals surface area contributed by atoms with Gasteiger partial charge in [-0.25, -0.2) is 0 Å². The number of Topliss-reactive ketones (excluding diaryl/α,β-unsaturated/α-hetero) is 2. The van der Waals surface area contributed by atoms with Crippen molar-refractivity contribution in [1.29, 1.82) is 0 Å². The van der Waals surface area contributed by atoms with Crippen molar-refractivity contribution >= 4 is 29.2 Å². The normalized spacial score (nSPS) is 30.9. The molecule has 3 aliphatic carbocycles. The molecule has 0 saturated heterocycles. The average molecular weight is 576 g/mol. The molecular weight excluding hydrogens is 542 g/mol. The number of benzene rings is 1. The highest BCUT2D eigenvalue weighted by atomic mass is 16.4. The van der Waals surface area contributed by atoms with Gasteiger partial charge in [0.25, 0.3) is 5.91 Å². The van der Waals surface area contributed by atoms with Gasteiger partial charge in [-0.05, 0) is 46.0 Å². The van der Waals surface area contributed by atoms with Crippen LogP contribution in [0.5, 0.6) is 5.75 Å².